The summed E-state index contributed by atoms with van der Waals surface area (Å²) in [5.74, 6) is -4.47. The summed E-state index contributed by atoms with van der Waals surface area (Å²) in [6.07, 6.45) is 3.70. The Kier molecular flexibility index (Phi) is 34.1. The van der Waals surface area contributed by atoms with Gasteiger partial charge in [-0.1, -0.05) is 125 Å². The SMILES string of the molecule is CCc1ccc(C(=O)[O-])cc1.CCc1ccc(C(=O)[O-])cc1.CCc1ccc(C(=O)[O-])cc1.CCc1ccc(C(=O)[O-])cc1.[Na+].[Na+].[Na+].[Na+]. The molecule has 0 bridgehead atoms. The van der Waals surface area contributed by atoms with E-state index in [9.17, 15) is 39.6 Å². The molecule has 0 atom stereocenters. The van der Waals surface area contributed by atoms with Gasteiger partial charge in [-0.3, -0.25) is 0 Å². The van der Waals surface area contributed by atoms with Crippen molar-refractivity contribution in [2.24, 2.45) is 0 Å². The maximum atomic E-state index is 10.3. The number of carboxylic acids is 4. The third-order valence-corrected chi connectivity index (χ3v) is 6.39. The van der Waals surface area contributed by atoms with Crippen LogP contribution in [-0.4, -0.2) is 23.9 Å². The molecule has 0 spiro atoms. The van der Waals surface area contributed by atoms with E-state index in [2.05, 4.69) is 0 Å². The van der Waals surface area contributed by atoms with Crippen LogP contribution in [0.15, 0.2) is 97.1 Å². The Morgan fingerprint density at radius 3 is 0.542 bits per heavy atom. The van der Waals surface area contributed by atoms with Gasteiger partial charge in [0.25, 0.3) is 0 Å². The van der Waals surface area contributed by atoms with E-state index in [1.54, 1.807) is 97.1 Å². The van der Waals surface area contributed by atoms with Gasteiger partial charge in [-0.05, 0) is 70.2 Å². The fraction of sp³-hybridized carbons (Fsp3) is 0.222. The van der Waals surface area contributed by atoms with Crippen LogP contribution in [0.25, 0.3) is 0 Å². The number of hydrogen-bond donors (Lipinski definition) is 0. The van der Waals surface area contributed by atoms with Crippen molar-refractivity contribution in [2.75, 3.05) is 0 Å². The first-order valence-corrected chi connectivity index (χ1v) is 14.2. The average Bonchev–Trinajstić information content (AvgIpc) is 3.05. The minimum Gasteiger partial charge on any atom is -0.545 e. The molecule has 48 heavy (non-hydrogen) atoms. The van der Waals surface area contributed by atoms with E-state index >= 15 is 0 Å². The topological polar surface area (TPSA) is 161 Å². The van der Waals surface area contributed by atoms with Crippen LogP contribution in [0, 0.1) is 0 Å². The number of rotatable bonds is 8. The van der Waals surface area contributed by atoms with Gasteiger partial charge in [0.2, 0.25) is 0 Å². The molecule has 0 aliphatic carbocycles. The third-order valence-electron chi connectivity index (χ3n) is 6.39. The molecule has 0 fully saturated rings. The van der Waals surface area contributed by atoms with E-state index in [1.807, 2.05) is 27.7 Å². The van der Waals surface area contributed by atoms with Crippen molar-refractivity contribution in [1.82, 2.24) is 0 Å². The van der Waals surface area contributed by atoms with Crippen molar-refractivity contribution in [3.05, 3.63) is 142 Å². The largest absolute Gasteiger partial charge is 1.00 e. The first-order chi connectivity index (χ1) is 20.9. The molecule has 0 saturated carbocycles. The molecule has 0 N–H and O–H groups in total. The summed E-state index contributed by atoms with van der Waals surface area (Å²) in [7, 11) is 0. The number of hydrogen-bond acceptors (Lipinski definition) is 8. The second-order valence-electron chi connectivity index (χ2n) is 9.35. The molecule has 0 amide bonds. The van der Waals surface area contributed by atoms with E-state index < -0.39 is 23.9 Å². The molecule has 0 saturated heterocycles. The van der Waals surface area contributed by atoms with Crippen LogP contribution in [0.1, 0.15) is 91.4 Å². The van der Waals surface area contributed by atoms with E-state index in [-0.39, 0.29) is 140 Å². The second kappa shape index (κ2) is 30.6. The average molecular weight is 689 g/mol. The minimum atomic E-state index is -1.12. The Labute approximate surface area is 371 Å². The van der Waals surface area contributed by atoms with Gasteiger partial charge in [-0.15, -0.1) is 0 Å². The van der Waals surface area contributed by atoms with Gasteiger partial charge >= 0.3 is 118 Å². The van der Waals surface area contributed by atoms with Crippen LogP contribution in [0.5, 0.6) is 0 Å². The van der Waals surface area contributed by atoms with Crippen LogP contribution < -0.4 is 139 Å². The second-order valence-corrected chi connectivity index (χ2v) is 9.35. The molecular weight excluding hydrogens is 652 g/mol. The predicted octanol–water partition coefficient (Wildman–Crippen LogP) is -9.53. The summed E-state index contributed by atoms with van der Waals surface area (Å²) in [6.45, 7) is 8.09. The maximum absolute atomic E-state index is 10.3. The molecule has 12 heteroatoms. The number of aromatic carboxylic acids is 4. The zero-order valence-corrected chi connectivity index (χ0v) is 37.3. The van der Waals surface area contributed by atoms with Crippen molar-refractivity contribution < 1.29 is 158 Å². The van der Waals surface area contributed by atoms with Gasteiger partial charge < -0.3 is 39.6 Å². The Bertz CT molecular complexity index is 1240. The van der Waals surface area contributed by atoms with Gasteiger partial charge in [0.05, 0.1) is 23.9 Å². The molecular formula is C36H36Na4O8. The van der Waals surface area contributed by atoms with E-state index in [0.717, 1.165) is 47.9 Å². The third kappa shape index (κ3) is 21.8. The van der Waals surface area contributed by atoms with Crippen molar-refractivity contribution in [3.63, 3.8) is 0 Å². The quantitative estimate of drug-likeness (QED) is 0.165. The number of benzene rings is 4. The van der Waals surface area contributed by atoms with Gasteiger partial charge in [-0.2, -0.15) is 0 Å². The minimum absolute atomic E-state index is 0. The van der Waals surface area contributed by atoms with Gasteiger partial charge in [0, 0.05) is 0 Å². The molecule has 4 rings (SSSR count). The summed E-state index contributed by atoms with van der Waals surface area (Å²) < 4.78 is 0. The molecule has 0 aliphatic rings. The molecule has 8 nitrogen and oxygen atoms in total. The Morgan fingerprint density at radius 2 is 0.458 bits per heavy atom. The first-order valence-electron chi connectivity index (χ1n) is 14.2. The van der Waals surface area contributed by atoms with Crippen LogP contribution >= 0.6 is 0 Å². The number of carboxylic acid groups (broad SMARTS) is 4. The Hall–Kier alpha value is -1.24. The summed E-state index contributed by atoms with van der Waals surface area (Å²) in [5.41, 5.74) is 5.49. The fourth-order valence-electron chi connectivity index (χ4n) is 3.51. The first kappa shape index (κ1) is 53.6. The Balaban J connectivity index is -0.000000262. The molecule has 0 radical (unpaired) electrons. The monoisotopic (exact) mass is 688 g/mol. The summed E-state index contributed by atoms with van der Waals surface area (Å²) >= 11 is 0. The van der Waals surface area contributed by atoms with Gasteiger partial charge in [0.15, 0.2) is 0 Å². The van der Waals surface area contributed by atoms with E-state index in [1.165, 1.54) is 0 Å². The van der Waals surface area contributed by atoms with Crippen molar-refractivity contribution in [3.8, 4) is 0 Å². The van der Waals surface area contributed by atoms with Crippen molar-refractivity contribution in [1.29, 1.82) is 0 Å². The zero-order chi connectivity index (χ0) is 33.1. The Morgan fingerprint density at radius 1 is 0.333 bits per heavy atom. The molecule has 0 aromatic heterocycles. The normalized spacial score (nSPS) is 8.75. The number of aryl methyl sites for hydroxylation is 4. The van der Waals surface area contributed by atoms with E-state index in [0.29, 0.717) is 0 Å². The molecule has 4 aromatic rings. The van der Waals surface area contributed by atoms with Crippen molar-refractivity contribution in [2.45, 2.75) is 53.4 Å². The molecule has 0 unspecified atom stereocenters. The van der Waals surface area contributed by atoms with Crippen LogP contribution in [0.3, 0.4) is 0 Å². The zero-order valence-electron chi connectivity index (χ0n) is 29.3. The maximum Gasteiger partial charge on any atom is 1.00 e. The van der Waals surface area contributed by atoms with Crippen LogP contribution in [0.4, 0.5) is 0 Å². The number of carbonyl (C=O) groups excluding carboxylic acids is 4. The van der Waals surface area contributed by atoms with Gasteiger partial charge in [0.1, 0.15) is 0 Å². The fourth-order valence-corrected chi connectivity index (χ4v) is 3.51. The molecule has 0 aliphatic heterocycles. The van der Waals surface area contributed by atoms with Crippen LogP contribution in [0.2, 0.25) is 0 Å². The van der Waals surface area contributed by atoms with E-state index in [4.69, 9.17) is 0 Å². The predicted molar refractivity (Wildman–Crippen MR) is 161 cm³/mol. The van der Waals surface area contributed by atoms with Gasteiger partial charge in [-0.25, -0.2) is 0 Å². The summed E-state index contributed by atoms with van der Waals surface area (Å²) in [5, 5.41) is 41.2. The number of carbonyl (C=O) groups is 4. The molecule has 232 valence electrons. The standard InChI is InChI=1S/4C9H10O2.4Na/c4*1-2-7-3-5-8(6-4-7)9(10)11;;;;/h4*3-6H,2H2,1H3,(H,10,11);;;;/q;;;;4*+1/p-4. The summed E-state index contributed by atoms with van der Waals surface area (Å²) in [6, 6.07) is 26.9. The smallest absolute Gasteiger partial charge is 0.545 e. The molecule has 4 aromatic carbocycles. The van der Waals surface area contributed by atoms with Crippen LogP contribution in [-0.2, 0) is 25.7 Å². The summed E-state index contributed by atoms with van der Waals surface area (Å²) in [4.78, 5) is 41.2. The molecule has 0 heterocycles. The van der Waals surface area contributed by atoms with Crippen molar-refractivity contribution >= 4 is 23.9 Å².